The Bertz CT molecular complexity index is 931. The first-order valence-electron chi connectivity index (χ1n) is 8.25. The van der Waals surface area contributed by atoms with E-state index in [9.17, 15) is 18.3 Å². The summed E-state index contributed by atoms with van der Waals surface area (Å²) in [6, 6.07) is 13.5. The summed E-state index contributed by atoms with van der Waals surface area (Å²) in [6.07, 6.45) is -0.165. The van der Waals surface area contributed by atoms with Crippen molar-refractivity contribution < 1.29 is 18.3 Å². The number of aliphatic hydroxyl groups is 1. The van der Waals surface area contributed by atoms with Crippen molar-refractivity contribution in [3.8, 4) is 0 Å². The van der Waals surface area contributed by atoms with Gasteiger partial charge in [0.2, 0.25) is 5.91 Å². The fourth-order valence-corrected chi connectivity index (χ4v) is 5.46. The molecular formula is C19H19NO4S3. The highest BCUT2D eigenvalue weighted by atomic mass is 32.2. The Morgan fingerprint density at radius 2 is 1.85 bits per heavy atom. The molecular weight excluding hydrogens is 402 g/mol. The van der Waals surface area contributed by atoms with Crippen LogP contribution in [0.15, 0.2) is 69.6 Å². The third kappa shape index (κ3) is 4.65. The van der Waals surface area contributed by atoms with Crippen LogP contribution in [0.4, 0.5) is 0 Å². The van der Waals surface area contributed by atoms with Gasteiger partial charge in [-0.1, -0.05) is 24.3 Å². The van der Waals surface area contributed by atoms with Gasteiger partial charge in [-0.05, 0) is 40.4 Å². The van der Waals surface area contributed by atoms with E-state index in [0.29, 0.717) is 5.56 Å². The van der Waals surface area contributed by atoms with E-state index in [4.69, 9.17) is 0 Å². The van der Waals surface area contributed by atoms with E-state index in [1.165, 1.54) is 34.8 Å². The van der Waals surface area contributed by atoms with Crippen LogP contribution < -0.4 is 5.32 Å². The molecule has 1 amide bonds. The summed E-state index contributed by atoms with van der Waals surface area (Å²) in [7, 11) is -3.52. The lowest BCUT2D eigenvalue weighted by Crippen LogP contribution is -2.41. The van der Waals surface area contributed by atoms with Gasteiger partial charge >= 0.3 is 0 Å². The highest BCUT2D eigenvalue weighted by molar-refractivity contribution is 7.91. The summed E-state index contributed by atoms with van der Waals surface area (Å²) in [4.78, 5) is 13.1. The van der Waals surface area contributed by atoms with Crippen LogP contribution in [0, 0.1) is 0 Å². The predicted molar refractivity (Wildman–Crippen MR) is 108 cm³/mol. The van der Waals surface area contributed by atoms with Crippen LogP contribution in [0.3, 0.4) is 0 Å². The van der Waals surface area contributed by atoms with Crippen molar-refractivity contribution in [2.24, 2.45) is 0 Å². The van der Waals surface area contributed by atoms with Crippen molar-refractivity contribution >= 4 is 38.4 Å². The van der Waals surface area contributed by atoms with E-state index in [0.717, 1.165) is 4.88 Å². The third-order valence-corrected chi connectivity index (χ3v) is 7.61. The number of thiophene rings is 2. The van der Waals surface area contributed by atoms with Crippen LogP contribution in [0.2, 0.25) is 0 Å². The SMILES string of the molecule is O=C(CCS(=O)(=O)c1ccccc1)NCC(O)(c1ccsc1)c1cccs1. The number of nitrogens with one attached hydrogen (secondary N) is 1. The number of hydrogen-bond acceptors (Lipinski definition) is 6. The topological polar surface area (TPSA) is 83.5 Å². The first kappa shape index (κ1) is 19.8. The molecule has 1 unspecified atom stereocenters. The lowest BCUT2D eigenvalue weighted by molar-refractivity contribution is -0.121. The van der Waals surface area contributed by atoms with E-state index in [1.807, 2.05) is 34.3 Å². The highest BCUT2D eigenvalue weighted by Crippen LogP contribution is 2.33. The van der Waals surface area contributed by atoms with Gasteiger partial charge in [-0.15, -0.1) is 11.3 Å². The lowest BCUT2D eigenvalue weighted by Gasteiger charge is -2.27. The van der Waals surface area contributed by atoms with Gasteiger partial charge in [0.15, 0.2) is 9.84 Å². The van der Waals surface area contributed by atoms with Crippen LogP contribution in [0.1, 0.15) is 16.9 Å². The summed E-state index contributed by atoms with van der Waals surface area (Å²) in [5.74, 6) is -0.696. The molecule has 2 N–H and O–H groups in total. The van der Waals surface area contributed by atoms with Gasteiger partial charge < -0.3 is 10.4 Å². The molecule has 3 rings (SSSR count). The molecule has 0 radical (unpaired) electrons. The van der Waals surface area contributed by atoms with E-state index in [2.05, 4.69) is 5.32 Å². The molecule has 2 heterocycles. The van der Waals surface area contributed by atoms with Crippen LogP contribution in [-0.4, -0.2) is 31.7 Å². The van der Waals surface area contributed by atoms with Crippen molar-refractivity contribution in [2.45, 2.75) is 16.9 Å². The van der Waals surface area contributed by atoms with E-state index < -0.39 is 21.3 Å². The van der Waals surface area contributed by atoms with Gasteiger partial charge in [0.1, 0.15) is 5.60 Å². The van der Waals surface area contributed by atoms with Crippen molar-refractivity contribution in [1.29, 1.82) is 0 Å². The van der Waals surface area contributed by atoms with Crippen molar-refractivity contribution in [1.82, 2.24) is 5.32 Å². The smallest absolute Gasteiger partial charge is 0.221 e. The van der Waals surface area contributed by atoms with Gasteiger partial charge in [-0.3, -0.25) is 4.79 Å². The molecule has 27 heavy (non-hydrogen) atoms. The highest BCUT2D eigenvalue weighted by Gasteiger charge is 2.33. The maximum atomic E-state index is 12.3. The molecule has 142 valence electrons. The fourth-order valence-electron chi connectivity index (χ4n) is 2.63. The molecule has 0 saturated heterocycles. The first-order valence-corrected chi connectivity index (χ1v) is 11.7. The van der Waals surface area contributed by atoms with Crippen LogP contribution >= 0.6 is 22.7 Å². The van der Waals surface area contributed by atoms with Gasteiger partial charge in [-0.25, -0.2) is 8.42 Å². The zero-order valence-electron chi connectivity index (χ0n) is 14.4. The number of amides is 1. The first-order chi connectivity index (χ1) is 12.9. The Hall–Kier alpha value is -2.00. The van der Waals surface area contributed by atoms with Crippen LogP contribution in [-0.2, 0) is 20.2 Å². The molecule has 0 spiro atoms. The molecule has 0 aliphatic carbocycles. The quantitative estimate of drug-likeness (QED) is 0.586. The zero-order chi connectivity index (χ0) is 19.3. The van der Waals surface area contributed by atoms with Crippen molar-refractivity contribution in [3.63, 3.8) is 0 Å². The maximum Gasteiger partial charge on any atom is 0.221 e. The van der Waals surface area contributed by atoms with Crippen LogP contribution in [0.25, 0.3) is 0 Å². The summed E-state index contributed by atoms with van der Waals surface area (Å²) in [5, 5.41) is 19.4. The number of rotatable bonds is 8. The second kappa shape index (κ2) is 8.35. The van der Waals surface area contributed by atoms with Crippen molar-refractivity contribution in [3.05, 3.63) is 75.1 Å². The number of benzene rings is 1. The standard InChI is InChI=1S/C19H19NO4S3/c21-18(9-12-27(23,24)16-5-2-1-3-6-16)20-14-19(22,15-8-11-25-13-15)17-7-4-10-26-17/h1-8,10-11,13,22H,9,12,14H2,(H,20,21). The average molecular weight is 422 g/mol. The Morgan fingerprint density at radius 1 is 1.07 bits per heavy atom. The number of hydrogen-bond donors (Lipinski definition) is 2. The minimum absolute atomic E-state index is 0.0194. The molecule has 1 atom stereocenters. The largest absolute Gasteiger partial charge is 0.378 e. The summed E-state index contributed by atoms with van der Waals surface area (Å²) in [5.41, 5.74) is -0.630. The molecule has 3 aromatic rings. The molecule has 8 heteroatoms. The minimum Gasteiger partial charge on any atom is -0.378 e. The molecule has 0 fully saturated rings. The van der Waals surface area contributed by atoms with Gasteiger partial charge in [0.05, 0.1) is 17.2 Å². The Kier molecular flexibility index (Phi) is 6.11. The van der Waals surface area contributed by atoms with E-state index in [-0.39, 0.29) is 23.6 Å². The fraction of sp³-hybridized carbons (Fsp3) is 0.211. The van der Waals surface area contributed by atoms with Crippen LogP contribution in [0.5, 0.6) is 0 Å². The van der Waals surface area contributed by atoms with E-state index in [1.54, 1.807) is 18.2 Å². The van der Waals surface area contributed by atoms with Gasteiger partial charge in [-0.2, -0.15) is 11.3 Å². The van der Waals surface area contributed by atoms with Gasteiger partial charge in [0.25, 0.3) is 0 Å². The monoisotopic (exact) mass is 421 g/mol. The molecule has 0 aliphatic rings. The number of sulfone groups is 1. The molecule has 0 bridgehead atoms. The molecule has 2 aromatic heterocycles. The third-order valence-electron chi connectivity index (χ3n) is 4.17. The molecule has 1 aromatic carbocycles. The molecule has 0 aliphatic heterocycles. The second-order valence-corrected chi connectivity index (χ2v) is 9.85. The minimum atomic E-state index is -3.52. The molecule has 5 nitrogen and oxygen atoms in total. The Morgan fingerprint density at radius 3 is 2.48 bits per heavy atom. The Balaban J connectivity index is 1.64. The van der Waals surface area contributed by atoms with Gasteiger partial charge in [0, 0.05) is 16.9 Å². The second-order valence-electron chi connectivity index (χ2n) is 6.01. The number of carbonyl (C=O) groups excluding carboxylic acids is 1. The molecule has 0 saturated carbocycles. The van der Waals surface area contributed by atoms with E-state index >= 15 is 0 Å². The lowest BCUT2D eigenvalue weighted by atomic mass is 9.94. The Labute approximate surface area is 166 Å². The summed E-state index contributed by atoms with van der Waals surface area (Å²) >= 11 is 2.86. The summed E-state index contributed by atoms with van der Waals surface area (Å²) in [6.45, 7) is -0.0194. The predicted octanol–water partition coefficient (Wildman–Crippen LogP) is 3.03. The maximum absolute atomic E-state index is 12.3. The number of carbonyl (C=O) groups is 1. The normalized spacial score (nSPS) is 13.8. The summed E-state index contributed by atoms with van der Waals surface area (Å²) < 4.78 is 24.6. The average Bonchev–Trinajstić information content (AvgIpc) is 3.39. The van der Waals surface area contributed by atoms with Crippen molar-refractivity contribution in [2.75, 3.05) is 12.3 Å². The zero-order valence-corrected chi connectivity index (χ0v) is 16.8.